The van der Waals surface area contributed by atoms with E-state index in [1.54, 1.807) is 6.07 Å². The van der Waals surface area contributed by atoms with E-state index in [1.165, 1.54) is 6.07 Å². The van der Waals surface area contributed by atoms with Crippen LogP contribution < -0.4 is 9.46 Å². The van der Waals surface area contributed by atoms with E-state index < -0.39 is 34.2 Å². The van der Waals surface area contributed by atoms with Crippen LogP contribution in [-0.4, -0.2) is 39.2 Å². The number of sulfonamides is 1. The van der Waals surface area contributed by atoms with Crippen molar-refractivity contribution in [1.82, 2.24) is 0 Å². The number of carboxylic acid groups (broad SMARTS) is 1. The molecular weight excluding hydrogens is 417 g/mol. The number of aromatic carboxylic acids is 1. The summed E-state index contributed by atoms with van der Waals surface area (Å²) in [6, 6.07) is 5.92. The van der Waals surface area contributed by atoms with Crippen LogP contribution in [0, 0.1) is 11.7 Å². The van der Waals surface area contributed by atoms with E-state index in [9.17, 15) is 27.5 Å². The van der Waals surface area contributed by atoms with Crippen LogP contribution in [0.15, 0.2) is 35.2 Å². The molecule has 1 aliphatic carbocycles. The summed E-state index contributed by atoms with van der Waals surface area (Å²) in [5.41, 5.74) is 0.188. The number of carbonyl (C=O) groups is 2. The number of methoxy groups -OCH3 is 1. The lowest BCUT2D eigenvalue weighted by Gasteiger charge is -2.21. The number of esters is 1. The molecule has 0 saturated heterocycles. The molecular formula is C20H18FNO7S. The zero-order valence-corrected chi connectivity index (χ0v) is 16.7. The van der Waals surface area contributed by atoms with Crippen LogP contribution in [0.3, 0.4) is 0 Å². The molecule has 2 atom stereocenters. The SMILES string of the molecule is COC(=O)Cc1cc(F)ccc1S(=O)(=O)Nc1ccc2c(c1C(=O)O)OCC1CC21. The van der Waals surface area contributed by atoms with Crippen molar-refractivity contribution in [2.45, 2.75) is 23.7 Å². The van der Waals surface area contributed by atoms with Crippen molar-refractivity contribution in [2.75, 3.05) is 18.4 Å². The molecule has 4 rings (SSSR count). The Labute approximate surface area is 171 Å². The molecule has 1 saturated carbocycles. The third-order valence-corrected chi connectivity index (χ3v) is 6.75. The number of fused-ring (bicyclic) bond motifs is 3. The molecule has 1 aliphatic heterocycles. The highest BCUT2D eigenvalue weighted by atomic mass is 32.2. The fraction of sp³-hybridized carbons (Fsp3) is 0.300. The molecule has 2 aromatic carbocycles. The first-order chi connectivity index (χ1) is 14.2. The Morgan fingerprint density at radius 2 is 2.07 bits per heavy atom. The van der Waals surface area contributed by atoms with Crippen molar-refractivity contribution < 1.29 is 37.0 Å². The fourth-order valence-corrected chi connectivity index (χ4v) is 5.02. The van der Waals surface area contributed by atoms with Gasteiger partial charge >= 0.3 is 11.9 Å². The number of carbonyl (C=O) groups excluding carboxylic acids is 1. The molecule has 2 unspecified atom stereocenters. The van der Waals surface area contributed by atoms with Gasteiger partial charge in [0.05, 0.1) is 30.7 Å². The van der Waals surface area contributed by atoms with Crippen molar-refractivity contribution >= 4 is 27.6 Å². The first-order valence-corrected chi connectivity index (χ1v) is 10.6. The number of nitrogens with one attached hydrogen (secondary N) is 1. The first kappa shape index (κ1) is 20.1. The molecule has 30 heavy (non-hydrogen) atoms. The molecule has 0 bridgehead atoms. The molecule has 1 heterocycles. The summed E-state index contributed by atoms with van der Waals surface area (Å²) < 4.78 is 52.1. The van der Waals surface area contributed by atoms with Gasteiger partial charge in [-0.3, -0.25) is 9.52 Å². The average Bonchev–Trinajstić information content (AvgIpc) is 3.47. The summed E-state index contributed by atoms with van der Waals surface area (Å²) >= 11 is 0. The second-order valence-electron chi connectivity index (χ2n) is 7.24. The summed E-state index contributed by atoms with van der Waals surface area (Å²) in [4.78, 5) is 23.2. The number of halogens is 1. The molecule has 2 aliphatic rings. The van der Waals surface area contributed by atoms with Crippen LogP contribution in [0.25, 0.3) is 0 Å². The molecule has 0 aromatic heterocycles. The van der Waals surface area contributed by atoms with Crippen molar-refractivity contribution in [3.05, 3.63) is 52.8 Å². The third kappa shape index (κ3) is 3.58. The van der Waals surface area contributed by atoms with E-state index in [-0.39, 0.29) is 33.4 Å². The second kappa shape index (κ2) is 7.28. The standard InChI is InChI=1S/C20H18FNO7S/c1-28-17(23)8-10-6-12(21)2-5-16(10)30(26,27)22-15-4-3-13-14-7-11(14)9-29-19(13)18(15)20(24)25/h2-6,11,14,22H,7-9H2,1H3,(H,24,25). The van der Waals surface area contributed by atoms with Crippen molar-refractivity contribution in [1.29, 1.82) is 0 Å². The molecule has 158 valence electrons. The lowest BCUT2D eigenvalue weighted by molar-refractivity contribution is -0.139. The van der Waals surface area contributed by atoms with E-state index in [0.717, 1.165) is 37.3 Å². The van der Waals surface area contributed by atoms with Gasteiger partial charge in [0.25, 0.3) is 10.0 Å². The summed E-state index contributed by atoms with van der Waals surface area (Å²) in [5, 5.41) is 9.71. The Morgan fingerprint density at radius 3 is 2.77 bits per heavy atom. The van der Waals surface area contributed by atoms with Gasteiger partial charge in [-0.1, -0.05) is 6.07 Å². The lowest BCUT2D eigenvalue weighted by Crippen LogP contribution is -2.20. The van der Waals surface area contributed by atoms with E-state index >= 15 is 0 Å². The molecule has 0 spiro atoms. The smallest absolute Gasteiger partial charge is 0.341 e. The zero-order chi connectivity index (χ0) is 21.6. The molecule has 0 radical (unpaired) electrons. The summed E-state index contributed by atoms with van der Waals surface area (Å²) in [6.45, 7) is 0.384. The first-order valence-electron chi connectivity index (χ1n) is 9.12. The third-order valence-electron chi connectivity index (χ3n) is 5.28. The number of rotatable bonds is 6. The number of hydrogen-bond acceptors (Lipinski definition) is 6. The number of ether oxygens (including phenoxy) is 2. The maximum absolute atomic E-state index is 13.7. The number of anilines is 1. The second-order valence-corrected chi connectivity index (χ2v) is 8.89. The van der Waals surface area contributed by atoms with Crippen LogP contribution in [0.5, 0.6) is 5.75 Å². The van der Waals surface area contributed by atoms with Crippen LogP contribution in [-0.2, 0) is 26.0 Å². The van der Waals surface area contributed by atoms with E-state index in [0.29, 0.717) is 12.5 Å². The Kier molecular flexibility index (Phi) is 4.89. The minimum Gasteiger partial charge on any atom is -0.492 e. The predicted octanol–water partition coefficient (Wildman–Crippen LogP) is 2.54. The Morgan fingerprint density at radius 1 is 1.30 bits per heavy atom. The van der Waals surface area contributed by atoms with E-state index in [4.69, 9.17) is 4.74 Å². The van der Waals surface area contributed by atoms with Crippen LogP contribution in [0.1, 0.15) is 33.8 Å². The summed E-state index contributed by atoms with van der Waals surface area (Å²) in [7, 11) is -3.21. The maximum atomic E-state index is 13.7. The van der Waals surface area contributed by atoms with Gasteiger partial charge in [-0.2, -0.15) is 0 Å². The number of carboxylic acids is 1. The molecule has 2 N–H and O–H groups in total. The predicted molar refractivity (Wildman–Crippen MR) is 103 cm³/mol. The van der Waals surface area contributed by atoms with Crippen molar-refractivity contribution in [3.8, 4) is 5.75 Å². The largest absolute Gasteiger partial charge is 0.492 e. The van der Waals surface area contributed by atoms with E-state index in [1.807, 2.05) is 0 Å². The van der Waals surface area contributed by atoms with Gasteiger partial charge in [-0.25, -0.2) is 17.6 Å². The van der Waals surface area contributed by atoms with E-state index in [2.05, 4.69) is 9.46 Å². The highest BCUT2D eigenvalue weighted by Crippen LogP contribution is 2.55. The summed E-state index contributed by atoms with van der Waals surface area (Å²) in [5.74, 6) is -2.05. The molecule has 10 heteroatoms. The molecule has 1 fully saturated rings. The molecule has 0 amide bonds. The Bertz CT molecular complexity index is 1160. The highest BCUT2D eigenvalue weighted by molar-refractivity contribution is 7.92. The van der Waals surface area contributed by atoms with Gasteiger partial charge < -0.3 is 14.6 Å². The monoisotopic (exact) mass is 435 g/mol. The summed E-state index contributed by atoms with van der Waals surface area (Å²) in [6.07, 6.45) is 0.441. The van der Waals surface area contributed by atoms with Crippen LogP contribution in [0.2, 0.25) is 0 Å². The van der Waals surface area contributed by atoms with Gasteiger partial charge in [-0.05, 0) is 47.7 Å². The number of hydrogen-bond donors (Lipinski definition) is 2. The average molecular weight is 435 g/mol. The number of benzene rings is 2. The van der Waals surface area contributed by atoms with Gasteiger partial charge in [0.1, 0.15) is 17.1 Å². The van der Waals surface area contributed by atoms with Gasteiger partial charge in [0.2, 0.25) is 0 Å². The zero-order valence-electron chi connectivity index (χ0n) is 15.8. The van der Waals surface area contributed by atoms with Crippen LogP contribution >= 0.6 is 0 Å². The minimum absolute atomic E-state index is 0.110. The topological polar surface area (TPSA) is 119 Å². The Hall–Kier alpha value is -3.14. The minimum atomic E-state index is -4.34. The van der Waals surface area contributed by atoms with Crippen LogP contribution in [0.4, 0.5) is 10.1 Å². The van der Waals surface area contributed by atoms with Gasteiger partial charge in [0, 0.05) is 5.92 Å². The Balaban J connectivity index is 1.74. The fourth-order valence-electron chi connectivity index (χ4n) is 3.72. The quantitative estimate of drug-likeness (QED) is 0.669. The van der Waals surface area contributed by atoms with Crippen molar-refractivity contribution in [3.63, 3.8) is 0 Å². The normalized spacial score (nSPS) is 19.1. The maximum Gasteiger partial charge on any atom is 0.341 e. The van der Waals surface area contributed by atoms with Gasteiger partial charge in [0.15, 0.2) is 0 Å². The van der Waals surface area contributed by atoms with Crippen molar-refractivity contribution in [2.24, 2.45) is 5.92 Å². The van der Waals surface area contributed by atoms with Gasteiger partial charge in [-0.15, -0.1) is 0 Å². The molecule has 2 aromatic rings. The lowest BCUT2D eigenvalue weighted by atomic mass is 10.0. The molecule has 8 nitrogen and oxygen atoms in total. The highest BCUT2D eigenvalue weighted by Gasteiger charge is 2.45.